The molecule has 1 aromatic carbocycles. The number of carbonyl (C=O) groups is 2. The van der Waals surface area contributed by atoms with Crippen LogP contribution < -0.4 is 20.1 Å². The molecule has 22 heavy (non-hydrogen) atoms. The molecule has 0 radical (unpaired) electrons. The van der Waals surface area contributed by atoms with Crippen molar-refractivity contribution in [2.75, 3.05) is 26.1 Å². The number of carbonyl (C=O) groups excluding carboxylic acids is 1. The molecule has 116 valence electrons. The molecule has 0 saturated heterocycles. The summed E-state index contributed by atoms with van der Waals surface area (Å²) < 4.78 is 10.2. The van der Waals surface area contributed by atoms with Gasteiger partial charge in [0.2, 0.25) is 0 Å². The molecule has 0 aliphatic rings. The summed E-state index contributed by atoms with van der Waals surface area (Å²) in [6.45, 7) is -0.561. The Morgan fingerprint density at radius 3 is 2.55 bits per heavy atom. The largest absolute Gasteiger partial charge is 0.493 e. The number of nitrogens with one attached hydrogen (secondary N) is 2. The van der Waals surface area contributed by atoms with Crippen LogP contribution in [-0.4, -0.2) is 37.7 Å². The third-order valence-corrected chi connectivity index (χ3v) is 2.53. The molecule has 0 bridgehead atoms. The Morgan fingerprint density at radius 1 is 1.32 bits per heavy atom. The Morgan fingerprint density at radius 2 is 2.00 bits per heavy atom. The standard InChI is InChI=1S/C14H15N3O5/c1-21-11-4-3-10(5-12(11)22-2)16-7-9(6-15)14(20)17-8-13(18)19/h3-5,7,16H,8H2,1-2H3,(H,17,20)(H,18,19)/b9-7-. The molecule has 0 heterocycles. The van der Waals surface area contributed by atoms with Gasteiger partial charge in [0.25, 0.3) is 5.91 Å². The lowest BCUT2D eigenvalue weighted by Crippen LogP contribution is -2.30. The van der Waals surface area contributed by atoms with Gasteiger partial charge in [-0.05, 0) is 12.1 Å². The van der Waals surface area contributed by atoms with Crippen molar-refractivity contribution in [1.82, 2.24) is 5.32 Å². The number of carboxylic acid groups (broad SMARTS) is 1. The molecule has 0 aromatic heterocycles. The van der Waals surface area contributed by atoms with Gasteiger partial charge in [0.15, 0.2) is 11.5 Å². The van der Waals surface area contributed by atoms with Crippen molar-refractivity contribution in [3.05, 3.63) is 30.0 Å². The first-order valence-electron chi connectivity index (χ1n) is 6.10. The summed E-state index contributed by atoms with van der Waals surface area (Å²) in [6.07, 6.45) is 1.18. The zero-order valence-corrected chi connectivity index (χ0v) is 12.0. The van der Waals surface area contributed by atoms with Crippen LogP contribution in [0.15, 0.2) is 30.0 Å². The zero-order chi connectivity index (χ0) is 16.5. The minimum absolute atomic E-state index is 0.254. The molecule has 0 fully saturated rings. The summed E-state index contributed by atoms with van der Waals surface area (Å²) in [4.78, 5) is 21.9. The number of ether oxygens (including phenoxy) is 2. The van der Waals surface area contributed by atoms with Gasteiger partial charge in [0.1, 0.15) is 18.2 Å². The molecular formula is C14H15N3O5. The fourth-order valence-electron chi connectivity index (χ4n) is 1.48. The Balaban J connectivity index is 2.82. The van der Waals surface area contributed by atoms with E-state index >= 15 is 0 Å². The quantitative estimate of drug-likeness (QED) is 0.501. The minimum atomic E-state index is -1.20. The van der Waals surface area contributed by atoms with Crippen LogP contribution in [0.1, 0.15) is 0 Å². The molecule has 1 rings (SSSR count). The van der Waals surface area contributed by atoms with Gasteiger partial charge in [0.05, 0.1) is 14.2 Å². The lowest BCUT2D eigenvalue weighted by molar-refractivity contribution is -0.137. The number of benzene rings is 1. The molecule has 0 saturated carbocycles. The van der Waals surface area contributed by atoms with E-state index in [1.165, 1.54) is 20.4 Å². The topological polar surface area (TPSA) is 121 Å². The van der Waals surface area contributed by atoms with E-state index in [4.69, 9.17) is 19.8 Å². The summed E-state index contributed by atoms with van der Waals surface area (Å²) in [6, 6.07) is 6.64. The lowest BCUT2D eigenvalue weighted by atomic mass is 10.2. The number of methoxy groups -OCH3 is 2. The molecule has 3 N–H and O–H groups in total. The second-order valence-electron chi connectivity index (χ2n) is 3.96. The van der Waals surface area contributed by atoms with Crippen LogP contribution >= 0.6 is 0 Å². The Hall–Kier alpha value is -3.21. The number of anilines is 1. The van der Waals surface area contributed by atoms with Gasteiger partial charge in [-0.3, -0.25) is 9.59 Å². The number of nitrogens with zero attached hydrogens (tertiary/aromatic N) is 1. The predicted molar refractivity (Wildman–Crippen MR) is 77.5 cm³/mol. The molecule has 0 unspecified atom stereocenters. The van der Waals surface area contributed by atoms with Crippen molar-refractivity contribution >= 4 is 17.6 Å². The van der Waals surface area contributed by atoms with E-state index in [0.29, 0.717) is 17.2 Å². The minimum Gasteiger partial charge on any atom is -0.493 e. The van der Waals surface area contributed by atoms with Crippen LogP contribution in [0.3, 0.4) is 0 Å². The highest BCUT2D eigenvalue weighted by atomic mass is 16.5. The highest BCUT2D eigenvalue weighted by Gasteiger charge is 2.10. The van der Waals surface area contributed by atoms with Crippen LogP contribution in [0.25, 0.3) is 0 Å². The molecule has 0 aliphatic carbocycles. The average molecular weight is 305 g/mol. The number of hydrogen-bond acceptors (Lipinski definition) is 6. The summed E-state index contributed by atoms with van der Waals surface area (Å²) in [7, 11) is 2.99. The maximum absolute atomic E-state index is 11.6. The summed E-state index contributed by atoms with van der Waals surface area (Å²) >= 11 is 0. The number of carboxylic acids is 1. The van der Waals surface area contributed by atoms with E-state index in [1.807, 2.05) is 0 Å². The van der Waals surface area contributed by atoms with Crippen molar-refractivity contribution in [2.24, 2.45) is 0 Å². The average Bonchev–Trinajstić information content (AvgIpc) is 2.53. The Kier molecular flexibility index (Phi) is 6.25. The second-order valence-corrected chi connectivity index (χ2v) is 3.96. The highest BCUT2D eigenvalue weighted by Crippen LogP contribution is 2.29. The Bertz CT molecular complexity index is 634. The van der Waals surface area contributed by atoms with Crippen molar-refractivity contribution in [3.8, 4) is 17.6 Å². The van der Waals surface area contributed by atoms with Crippen LogP contribution in [-0.2, 0) is 9.59 Å². The van der Waals surface area contributed by atoms with Crippen molar-refractivity contribution in [2.45, 2.75) is 0 Å². The van der Waals surface area contributed by atoms with Gasteiger partial charge in [-0.15, -0.1) is 0 Å². The van der Waals surface area contributed by atoms with Gasteiger partial charge in [-0.25, -0.2) is 0 Å². The van der Waals surface area contributed by atoms with E-state index in [-0.39, 0.29) is 5.57 Å². The molecule has 0 aliphatic heterocycles. The van der Waals surface area contributed by atoms with Crippen LogP contribution in [0.5, 0.6) is 11.5 Å². The van der Waals surface area contributed by atoms with Crippen molar-refractivity contribution < 1.29 is 24.2 Å². The number of nitriles is 1. The number of hydrogen-bond donors (Lipinski definition) is 3. The third-order valence-electron chi connectivity index (χ3n) is 2.53. The molecule has 1 amide bonds. The van der Waals surface area contributed by atoms with E-state index in [1.54, 1.807) is 24.3 Å². The van der Waals surface area contributed by atoms with E-state index in [0.717, 1.165) is 0 Å². The molecule has 8 heteroatoms. The summed E-state index contributed by atoms with van der Waals surface area (Å²) in [5.74, 6) is -0.956. The van der Waals surface area contributed by atoms with Crippen LogP contribution in [0, 0.1) is 11.3 Å². The van der Waals surface area contributed by atoms with Gasteiger partial charge < -0.3 is 25.2 Å². The van der Waals surface area contributed by atoms with Gasteiger partial charge in [-0.1, -0.05) is 0 Å². The van der Waals surface area contributed by atoms with Crippen molar-refractivity contribution in [3.63, 3.8) is 0 Å². The van der Waals surface area contributed by atoms with Crippen LogP contribution in [0.4, 0.5) is 5.69 Å². The van der Waals surface area contributed by atoms with Crippen molar-refractivity contribution in [1.29, 1.82) is 5.26 Å². The maximum Gasteiger partial charge on any atom is 0.322 e. The lowest BCUT2D eigenvalue weighted by Gasteiger charge is -2.09. The summed E-state index contributed by atoms with van der Waals surface area (Å²) in [5, 5.41) is 22.2. The molecular weight excluding hydrogens is 290 g/mol. The Labute approximate surface area is 126 Å². The SMILES string of the molecule is COc1ccc(N/C=C(/C#N)C(=O)NCC(=O)O)cc1OC. The van der Waals surface area contributed by atoms with E-state index in [2.05, 4.69) is 10.6 Å². The fraction of sp³-hybridized carbons (Fsp3) is 0.214. The van der Waals surface area contributed by atoms with Gasteiger partial charge >= 0.3 is 5.97 Å². The molecule has 0 atom stereocenters. The zero-order valence-electron chi connectivity index (χ0n) is 12.0. The van der Waals surface area contributed by atoms with Gasteiger partial charge in [0, 0.05) is 18.0 Å². The summed E-state index contributed by atoms with van der Waals surface area (Å²) in [5.41, 5.74) is 0.312. The van der Waals surface area contributed by atoms with Crippen LogP contribution in [0.2, 0.25) is 0 Å². The first kappa shape index (κ1) is 16.8. The van der Waals surface area contributed by atoms with E-state index in [9.17, 15) is 9.59 Å². The maximum atomic E-state index is 11.6. The van der Waals surface area contributed by atoms with Gasteiger partial charge in [-0.2, -0.15) is 5.26 Å². The molecule has 1 aromatic rings. The fourth-order valence-corrected chi connectivity index (χ4v) is 1.48. The third kappa shape index (κ3) is 4.72. The smallest absolute Gasteiger partial charge is 0.322 e. The second kappa shape index (κ2) is 8.16. The normalized spacial score (nSPS) is 10.3. The monoisotopic (exact) mass is 305 g/mol. The first-order valence-corrected chi connectivity index (χ1v) is 6.10. The highest BCUT2D eigenvalue weighted by molar-refractivity contribution is 5.98. The van der Waals surface area contributed by atoms with E-state index < -0.39 is 18.4 Å². The number of amides is 1. The molecule has 8 nitrogen and oxygen atoms in total. The molecule has 0 spiro atoms. The first-order chi connectivity index (χ1) is 10.5. The predicted octanol–water partition coefficient (Wildman–Crippen LogP) is 0.724. The number of rotatable bonds is 7. The number of aliphatic carboxylic acids is 1.